The van der Waals surface area contributed by atoms with Gasteiger partial charge < -0.3 is 4.90 Å². The van der Waals surface area contributed by atoms with Crippen LogP contribution in [0.25, 0.3) is 16.9 Å². The fourth-order valence-corrected chi connectivity index (χ4v) is 3.60. The van der Waals surface area contributed by atoms with Crippen molar-refractivity contribution in [1.29, 1.82) is 0 Å². The largest absolute Gasteiger partial charge is 0.420 e. The maximum atomic E-state index is 13.7. The summed E-state index contributed by atoms with van der Waals surface area (Å²) in [6.45, 7) is 2.47. The monoisotopic (exact) mass is 406 g/mol. The van der Waals surface area contributed by atoms with Crippen LogP contribution in [0.15, 0.2) is 36.5 Å². The van der Waals surface area contributed by atoms with E-state index in [0.29, 0.717) is 12.1 Å². The van der Waals surface area contributed by atoms with Gasteiger partial charge in [0, 0.05) is 18.2 Å². The molecule has 1 aromatic carbocycles. The molecule has 1 aliphatic rings. The highest BCUT2D eigenvalue weighted by Gasteiger charge is 2.36. The molecule has 5 nitrogen and oxygen atoms in total. The lowest BCUT2D eigenvalue weighted by Gasteiger charge is -2.32. The Kier molecular flexibility index (Phi) is 4.76. The van der Waals surface area contributed by atoms with E-state index in [1.807, 2.05) is 6.92 Å². The molecule has 4 rings (SSSR count). The van der Waals surface area contributed by atoms with Gasteiger partial charge in [-0.3, -0.25) is 4.79 Å². The van der Waals surface area contributed by atoms with Crippen LogP contribution in [0.2, 0.25) is 0 Å². The van der Waals surface area contributed by atoms with Crippen molar-refractivity contribution in [2.75, 3.05) is 6.54 Å². The first kappa shape index (κ1) is 19.4. The van der Waals surface area contributed by atoms with E-state index in [9.17, 15) is 22.4 Å². The Morgan fingerprint density at radius 2 is 1.90 bits per heavy atom. The van der Waals surface area contributed by atoms with Crippen LogP contribution in [0.5, 0.6) is 0 Å². The van der Waals surface area contributed by atoms with E-state index in [4.69, 9.17) is 0 Å². The lowest BCUT2D eigenvalue weighted by atomic mass is 10.0. The SMILES string of the molecule is C[C@H]1CCCCN1C(=O)c1cn2nc(-c3ccc(F)cc3)cc(C(F)(F)F)c2n1. The fraction of sp³-hybridized carbons (Fsp3) is 0.350. The normalized spacial score (nSPS) is 17.7. The minimum absolute atomic E-state index is 0.00545. The molecule has 0 radical (unpaired) electrons. The number of nitrogens with zero attached hydrogens (tertiary/aromatic N) is 4. The number of aromatic nitrogens is 3. The fourth-order valence-electron chi connectivity index (χ4n) is 3.60. The molecule has 9 heteroatoms. The van der Waals surface area contributed by atoms with E-state index < -0.39 is 29.1 Å². The molecular formula is C20H18F4N4O. The van der Waals surface area contributed by atoms with E-state index in [0.717, 1.165) is 42.0 Å². The van der Waals surface area contributed by atoms with E-state index in [1.54, 1.807) is 4.90 Å². The smallest absolute Gasteiger partial charge is 0.335 e. The van der Waals surface area contributed by atoms with Gasteiger partial charge in [-0.15, -0.1) is 0 Å². The Morgan fingerprint density at radius 3 is 2.55 bits per heavy atom. The summed E-state index contributed by atoms with van der Waals surface area (Å²) >= 11 is 0. The lowest BCUT2D eigenvalue weighted by molar-refractivity contribution is -0.136. The number of amides is 1. The molecule has 29 heavy (non-hydrogen) atoms. The maximum absolute atomic E-state index is 13.7. The van der Waals surface area contributed by atoms with Gasteiger partial charge in [0.2, 0.25) is 0 Å². The average molecular weight is 406 g/mol. The van der Waals surface area contributed by atoms with Gasteiger partial charge in [0.25, 0.3) is 5.91 Å². The number of carbonyl (C=O) groups is 1. The zero-order valence-corrected chi connectivity index (χ0v) is 15.6. The van der Waals surface area contributed by atoms with E-state index >= 15 is 0 Å². The Morgan fingerprint density at radius 1 is 1.17 bits per heavy atom. The Labute approximate surface area is 164 Å². The molecule has 1 saturated heterocycles. The number of halogens is 4. The van der Waals surface area contributed by atoms with Crippen LogP contribution < -0.4 is 0 Å². The number of rotatable bonds is 2. The van der Waals surface area contributed by atoms with Crippen molar-refractivity contribution in [2.24, 2.45) is 0 Å². The molecule has 0 N–H and O–H groups in total. The molecule has 0 unspecified atom stereocenters. The Balaban J connectivity index is 1.82. The van der Waals surface area contributed by atoms with Crippen molar-refractivity contribution in [1.82, 2.24) is 19.5 Å². The van der Waals surface area contributed by atoms with E-state index in [2.05, 4.69) is 10.1 Å². The predicted octanol–water partition coefficient (Wildman–Crippen LogP) is 4.57. The van der Waals surface area contributed by atoms with Crippen molar-refractivity contribution in [2.45, 2.75) is 38.4 Å². The van der Waals surface area contributed by atoms with Crippen LogP contribution in [-0.2, 0) is 6.18 Å². The topological polar surface area (TPSA) is 50.5 Å². The first-order valence-electron chi connectivity index (χ1n) is 9.28. The molecule has 3 aromatic rings. The molecule has 1 fully saturated rings. The first-order valence-corrected chi connectivity index (χ1v) is 9.28. The van der Waals surface area contributed by atoms with Gasteiger partial charge >= 0.3 is 6.18 Å². The molecule has 0 aliphatic carbocycles. The average Bonchev–Trinajstić information content (AvgIpc) is 3.11. The van der Waals surface area contributed by atoms with Crippen molar-refractivity contribution >= 4 is 11.6 Å². The molecular weight excluding hydrogens is 388 g/mol. The quantitative estimate of drug-likeness (QED) is 0.586. The summed E-state index contributed by atoms with van der Waals surface area (Å²) in [5.74, 6) is -0.906. The molecule has 0 saturated carbocycles. The van der Waals surface area contributed by atoms with Crippen molar-refractivity contribution in [3.63, 3.8) is 0 Å². The minimum atomic E-state index is -4.69. The highest BCUT2D eigenvalue weighted by atomic mass is 19.4. The highest BCUT2D eigenvalue weighted by Crippen LogP contribution is 2.34. The van der Waals surface area contributed by atoms with E-state index in [1.165, 1.54) is 18.3 Å². The zero-order chi connectivity index (χ0) is 20.8. The van der Waals surface area contributed by atoms with Gasteiger partial charge in [-0.25, -0.2) is 13.9 Å². The second kappa shape index (κ2) is 7.13. The van der Waals surface area contributed by atoms with Crippen LogP contribution in [0.1, 0.15) is 42.2 Å². The molecule has 2 aromatic heterocycles. The third kappa shape index (κ3) is 3.68. The third-order valence-electron chi connectivity index (χ3n) is 5.15. The summed E-state index contributed by atoms with van der Waals surface area (Å²) in [6.07, 6.45) is -0.759. The van der Waals surface area contributed by atoms with Gasteiger partial charge in [0.05, 0.1) is 11.9 Å². The number of carbonyl (C=O) groups excluding carboxylic acids is 1. The van der Waals surface area contributed by atoms with Crippen molar-refractivity contribution in [3.05, 3.63) is 53.6 Å². The van der Waals surface area contributed by atoms with Crippen molar-refractivity contribution in [3.8, 4) is 11.3 Å². The molecule has 0 spiro atoms. The Bertz CT molecular complexity index is 1060. The van der Waals surface area contributed by atoms with Gasteiger partial charge in [0.1, 0.15) is 17.1 Å². The molecule has 3 heterocycles. The number of benzene rings is 1. The van der Waals surface area contributed by atoms with Crippen molar-refractivity contribution < 1.29 is 22.4 Å². The summed E-state index contributed by atoms with van der Waals surface area (Å²) in [5, 5.41) is 4.18. The van der Waals surface area contributed by atoms with Crippen LogP contribution >= 0.6 is 0 Å². The number of alkyl halides is 3. The van der Waals surface area contributed by atoms with Crippen LogP contribution in [0.4, 0.5) is 17.6 Å². The second-order valence-corrected chi connectivity index (χ2v) is 7.19. The maximum Gasteiger partial charge on any atom is 0.420 e. The highest BCUT2D eigenvalue weighted by molar-refractivity contribution is 5.93. The standard InChI is InChI=1S/C20H18F4N4O/c1-12-4-2-3-9-27(12)19(29)17-11-28-18(25-17)15(20(22,23)24)10-16(26-28)13-5-7-14(21)8-6-13/h5-8,10-12H,2-4,9H2,1H3/t12-/m0/s1. The number of likely N-dealkylation sites (tertiary alicyclic amines) is 1. The summed E-state index contributed by atoms with van der Waals surface area (Å²) in [4.78, 5) is 18.4. The zero-order valence-electron chi connectivity index (χ0n) is 15.6. The number of piperidine rings is 1. The van der Waals surface area contributed by atoms with E-state index in [-0.39, 0.29) is 17.4 Å². The summed E-state index contributed by atoms with van der Waals surface area (Å²) in [7, 11) is 0. The molecule has 152 valence electrons. The predicted molar refractivity (Wildman–Crippen MR) is 97.7 cm³/mol. The third-order valence-corrected chi connectivity index (χ3v) is 5.15. The summed E-state index contributed by atoms with van der Waals surface area (Å²) in [6, 6.07) is 5.87. The lowest BCUT2D eigenvalue weighted by Crippen LogP contribution is -2.42. The second-order valence-electron chi connectivity index (χ2n) is 7.19. The molecule has 1 amide bonds. The molecule has 1 aliphatic heterocycles. The molecule has 1 atom stereocenters. The molecule has 0 bridgehead atoms. The van der Waals surface area contributed by atoms with Gasteiger partial charge in [-0.05, 0) is 56.5 Å². The van der Waals surface area contributed by atoms with Gasteiger partial charge in [-0.2, -0.15) is 18.3 Å². The summed E-state index contributed by atoms with van der Waals surface area (Å²) in [5.41, 5.74) is -1.18. The van der Waals surface area contributed by atoms with Gasteiger partial charge in [-0.1, -0.05) is 0 Å². The van der Waals surface area contributed by atoms with Crippen LogP contribution in [-0.4, -0.2) is 38.0 Å². The number of fused-ring (bicyclic) bond motifs is 1. The minimum Gasteiger partial charge on any atom is -0.335 e. The van der Waals surface area contributed by atoms with Crippen LogP contribution in [0, 0.1) is 5.82 Å². The number of imidazole rings is 1. The first-order chi connectivity index (χ1) is 13.7. The Hall–Kier alpha value is -2.97. The number of hydrogen-bond donors (Lipinski definition) is 0. The number of hydrogen-bond acceptors (Lipinski definition) is 3. The van der Waals surface area contributed by atoms with Crippen LogP contribution in [0.3, 0.4) is 0 Å². The summed E-state index contributed by atoms with van der Waals surface area (Å²) < 4.78 is 55.1. The van der Waals surface area contributed by atoms with Gasteiger partial charge in [0.15, 0.2) is 5.65 Å².